The van der Waals surface area contributed by atoms with Crippen LogP contribution in [0, 0.1) is 6.92 Å². The fraction of sp³-hybridized carbons (Fsp3) is 0.455. The van der Waals surface area contributed by atoms with Gasteiger partial charge in [-0.1, -0.05) is 0 Å². The Morgan fingerprint density at radius 1 is 1.53 bits per heavy atom. The Kier molecular flexibility index (Phi) is 4.03. The summed E-state index contributed by atoms with van der Waals surface area (Å²) in [5.41, 5.74) is -1.24. The van der Waals surface area contributed by atoms with E-state index in [1.165, 1.54) is 13.0 Å². The molecule has 4 N–H and O–H groups in total. The van der Waals surface area contributed by atoms with Gasteiger partial charge in [-0.05, 0) is 26.0 Å². The summed E-state index contributed by atoms with van der Waals surface area (Å²) in [7, 11) is 0. The molecule has 0 aliphatic rings. The minimum atomic E-state index is -1.40. The number of amides is 1. The Labute approximate surface area is 98.3 Å². The minimum absolute atomic E-state index is 0.0238. The van der Waals surface area contributed by atoms with Crippen LogP contribution in [0.15, 0.2) is 16.9 Å². The molecule has 0 saturated carbocycles. The normalized spacial score (nSPS) is 14.1. The van der Waals surface area contributed by atoms with Gasteiger partial charge in [-0.25, -0.2) is 0 Å². The fourth-order valence-electron chi connectivity index (χ4n) is 1.17. The molecular formula is C11H16N2O4. The second-order valence-electron chi connectivity index (χ2n) is 4.22. The van der Waals surface area contributed by atoms with E-state index in [1.54, 1.807) is 13.0 Å². The number of aliphatic hydroxyl groups excluding tert-OH is 1. The molecule has 0 fully saturated rings. The molecule has 6 nitrogen and oxygen atoms in total. The van der Waals surface area contributed by atoms with Gasteiger partial charge < -0.3 is 20.5 Å². The predicted octanol–water partition coefficient (Wildman–Crippen LogP) is -0.844. The lowest BCUT2D eigenvalue weighted by atomic mass is 10.1. The van der Waals surface area contributed by atoms with Crippen LogP contribution in [0.1, 0.15) is 23.0 Å². The summed E-state index contributed by atoms with van der Waals surface area (Å²) in [6, 6.07) is 3.03. The molecule has 1 heterocycles. The van der Waals surface area contributed by atoms with Gasteiger partial charge in [0.15, 0.2) is 0 Å². The van der Waals surface area contributed by atoms with E-state index < -0.39 is 23.7 Å². The van der Waals surface area contributed by atoms with E-state index in [1.807, 2.05) is 0 Å². The maximum atomic E-state index is 11.6. The summed E-state index contributed by atoms with van der Waals surface area (Å²) in [6.45, 7) is 2.49. The molecule has 0 aliphatic carbocycles. The van der Waals surface area contributed by atoms with Crippen LogP contribution in [-0.4, -0.2) is 39.9 Å². The van der Waals surface area contributed by atoms with Gasteiger partial charge in [-0.3, -0.25) is 9.59 Å². The molecule has 1 rings (SSSR count). The molecule has 1 amide bonds. The molecule has 1 aromatic rings. The van der Waals surface area contributed by atoms with E-state index in [4.69, 9.17) is 5.11 Å². The Morgan fingerprint density at radius 3 is 2.71 bits per heavy atom. The SMILES string of the molecule is Cc1ccc(C(=O)NCC(C)(O)CO)c(=O)[nH]1. The standard InChI is InChI=1S/C11H16N2O4/c1-7-3-4-8(10(16)13-7)9(15)12-5-11(2,17)6-14/h3-4,14,17H,5-6H2,1-2H3,(H,12,15)(H,13,16). The molecule has 0 bridgehead atoms. The van der Waals surface area contributed by atoms with Crippen LogP contribution in [0.5, 0.6) is 0 Å². The van der Waals surface area contributed by atoms with Gasteiger partial charge in [0.05, 0.1) is 6.61 Å². The third-order valence-electron chi connectivity index (χ3n) is 2.27. The molecule has 6 heteroatoms. The van der Waals surface area contributed by atoms with Crippen LogP contribution in [0.3, 0.4) is 0 Å². The Balaban J connectivity index is 2.74. The van der Waals surface area contributed by atoms with Crippen molar-refractivity contribution in [1.29, 1.82) is 0 Å². The van der Waals surface area contributed by atoms with Crippen LogP contribution >= 0.6 is 0 Å². The van der Waals surface area contributed by atoms with Gasteiger partial charge in [0.1, 0.15) is 11.2 Å². The van der Waals surface area contributed by atoms with Gasteiger partial charge >= 0.3 is 0 Å². The van der Waals surface area contributed by atoms with Crippen molar-refractivity contribution in [3.63, 3.8) is 0 Å². The first-order chi connectivity index (χ1) is 7.85. The van der Waals surface area contributed by atoms with E-state index in [9.17, 15) is 14.7 Å². The van der Waals surface area contributed by atoms with Gasteiger partial charge in [0.2, 0.25) is 0 Å². The Hall–Kier alpha value is -1.66. The van der Waals surface area contributed by atoms with Crippen molar-refractivity contribution in [3.8, 4) is 0 Å². The summed E-state index contributed by atoms with van der Waals surface area (Å²) < 4.78 is 0. The van der Waals surface area contributed by atoms with E-state index in [0.717, 1.165) is 0 Å². The zero-order valence-corrected chi connectivity index (χ0v) is 9.78. The maximum absolute atomic E-state index is 11.6. The second-order valence-corrected chi connectivity index (χ2v) is 4.22. The first kappa shape index (κ1) is 13.4. The van der Waals surface area contributed by atoms with Crippen LogP contribution in [0.25, 0.3) is 0 Å². The van der Waals surface area contributed by atoms with Crippen molar-refractivity contribution in [1.82, 2.24) is 10.3 Å². The maximum Gasteiger partial charge on any atom is 0.260 e. The van der Waals surface area contributed by atoms with Gasteiger partial charge in [-0.2, -0.15) is 0 Å². The number of nitrogens with one attached hydrogen (secondary N) is 2. The highest BCUT2D eigenvalue weighted by Gasteiger charge is 2.20. The van der Waals surface area contributed by atoms with Crippen LogP contribution < -0.4 is 10.9 Å². The molecule has 1 unspecified atom stereocenters. The van der Waals surface area contributed by atoms with Crippen LogP contribution in [0.4, 0.5) is 0 Å². The number of rotatable bonds is 4. The lowest BCUT2D eigenvalue weighted by Crippen LogP contribution is -2.44. The van der Waals surface area contributed by atoms with E-state index in [0.29, 0.717) is 5.69 Å². The van der Waals surface area contributed by atoms with Gasteiger partial charge in [-0.15, -0.1) is 0 Å². The summed E-state index contributed by atoms with van der Waals surface area (Å²) in [5, 5.41) is 20.7. The molecule has 17 heavy (non-hydrogen) atoms. The highest BCUT2D eigenvalue weighted by molar-refractivity contribution is 5.93. The lowest BCUT2D eigenvalue weighted by Gasteiger charge is -2.20. The van der Waals surface area contributed by atoms with Crippen molar-refractivity contribution < 1.29 is 15.0 Å². The largest absolute Gasteiger partial charge is 0.393 e. The number of aryl methyl sites for hydroxylation is 1. The second kappa shape index (κ2) is 5.11. The number of carbonyl (C=O) groups excluding carboxylic acids is 1. The summed E-state index contributed by atoms with van der Waals surface area (Å²) in [5.74, 6) is -0.583. The highest BCUT2D eigenvalue weighted by atomic mass is 16.3. The Bertz CT molecular complexity index is 465. The molecule has 1 atom stereocenters. The third kappa shape index (κ3) is 3.69. The first-order valence-corrected chi connectivity index (χ1v) is 5.17. The van der Waals surface area contributed by atoms with Gasteiger partial charge in [0, 0.05) is 12.2 Å². The smallest absolute Gasteiger partial charge is 0.260 e. The predicted molar refractivity (Wildman–Crippen MR) is 61.8 cm³/mol. The summed E-state index contributed by atoms with van der Waals surface area (Å²) in [6.07, 6.45) is 0. The number of aromatic nitrogens is 1. The number of aliphatic hydroxyl groups is 2. The highest BCUT2D eigenvalue weighted by Crippen LogP contribution is 2.00. The van der Waals surface area contributed by atoms with Gasteiger partial charge in [0.25, 0.3) is 11.5 Å². The van der Waals surface area contributed by atoms with Crippen LogP contribution in [0.2, 0.25) is 0 Å². The number of hydrogen-bond donors (Lipinski definition) is 4. The quantitative estimate of drug-likeness (QED) is 0.551. The topological polar surface area (TPSA) is 102 Å². The average Bonchev–Trinajstić information content (AvgIpc) is 2.26. The Morgan fingerprint density at radius 2 is 2.18 bits per heavy atom. The van der Waals surface area contributed by atoms with Crippen molar-refractivity contribution in [2.75, 3.05) is 13.2 Å². The molecule has 0 aliphatic heterocycles. The van der Waals surface area contributed by atoms with Crippen molar-refractivity contribution in [2.45, 2.75) is 19.4 Å². The molecule has 0 radical (unpaired) electrons. The van der Waals surface area contributed by atoms with E-state index in [2.05, 4.69) is 10.3 Å². The average molecular weight is 240 g/mol. The number of hydrogen-bond acceptors (Lipinski definition) is 4. The number of H-pyrrole nitrogens is 1. The minimum Gasteiger partial charge on any atom is -0.393 e. The lowest BCUT2D eigenvalue weighted by molar-refractivity contribution is 0.00319. The monoisotopic (exact) mass is 240 g/mol. The zero-order chi connectivity index (χ0) is 13.1. The van der Waals surface area contributed by atoms with Crippen molar-refractivity contribution in [3.05, 3.63) is 33.7 Å². The third-order valence-corrected chi connectivity index (χ3v) is 2.27. The number of carbonyl (C=O) groups is 1. The van der Waals surface area contributed by atoms with E-state index >= 15 is 0 Å². The fourth-order valence-corrected chi connectivity index (χ4v) is 1.17. The number of aromatic amines is 1. The molecular weight excluding hydrogens is 224 g/mol. The first-order valence-electron chi connectivity index (χ1n) is 5.17. The summed E-state index contributed by atoms with van der Waals surface area (Å²) >= 11 is 0. The molecule has 0 saturated heterocycles. The summed E-state index contributed by atoms with van der Waals surface area (Å²) in [4.78, 5) is 25.6. The molecule has 94 valence electrons. The molecule has 0 spiro atoms. The van der Waals surface area contributed by atoms with Crippen molar-refractivity contribution >= 4 is 5.91 Å². The molecule has 0 aromatic carbocycles. The zero-order valence-electron chi connectivity index (χ0n) is 9.78. The van der Waals surface area contributed by atoms with E-state index in [-0.39, 0.29) is 12.1 Å². The van der Waals surface area contributed by atoms with Crippen LogP contribution in [-0.2, 0) is 0 Å². The number of pyridine rings is 1. The van der Waals surface area contributed by atoms with Crippen molar-refractivity contribution in [2.24, 2.45) is 0 Å². The molecule has 1 aromatic heterocycles.